The molecular formula is C17H22O3. The lowest BCUT2D eigenvalue weighted by atomic mass is 9.57. The Morgan fingerprint density at radius 2 is 2.05 bits per heavy atom. The summed E-state index contributed by atoms with van der Waals surface area (Å²) in [5, 5.41) is 0. The first-order valence-corrected chi connectivity index (χ1v) is 7.52. The van der Waals surface area contributed by atoms with Crippen molar-refractivity contribution >= 4 is 5.78 Å². The van der Waals surface area contributed by atoms with E-state index >= 15 is 0 Å². The van der Waals surface area contributed by atoms with Gasteiger partial charge >= 0.3 is 0 Å². The third-order valence-electron chi connectivity index (χ3n) is 4.87. The first kappa shape index (κ1) is 13.6. The second-order valence-electron chi connectivity index (χ2n) is 6.00. The van der Waals surface area contributed by atoms with Crippen molar-refractivity contribution in [3.63, 3.8) is 0 Å². The average molecular weight is 274 g/mol. The van der Waals surface area contributed by atoms with Crippen LogP contribution < -0.4 is 4.74 Å². The van der Waals surface area contributed by atoms with Gasteiger partial charge in [0.1, 0.15) is 11.5 Å². The Balaban J connectivity index is 1.62. The normalized spacial score (nSPS) is 24.4. The minimum Gasteiger partial charge on any atom is -0.497 e. The zero-order chi connectivity index (χ0) is 14.0. The minimum atomic E-state index is -0.142. The van der Waals surface area contributed by atoms with Gasteiger partial charge in [-0.2, -0.15) is 0 Å². The van der Waals surface area contributed by atoms with Gasteiger partial charge in [0.25, 0.3) is 0 Å². The average Bonchev–Trinajstić information content (AvgIpc) is 2.52. The second kappa shape index (κ2) is 5.57. The van der Waals surface area contributed by atoms with Crippen molar-refractivity contribution in [3.05, 3.63) is 29.8 Å². The molecule has 1 unspecified atom stereocenters. The quantitative estimate of drug-likeness (QED) is 0.843. The molecule has 0 radical (unpaired) electrons. The van der Waals surface area contributed by atoms with Crippen molar-refractivity contribution in [2.24, 2.45) is 5.41 Å². The van der Waals surface area contributed by atoms with Gasteiger partial charge in [-0.15, -0.1) is 0 Å². The van der Waals surface area contributed by atoms with Gasteiger partial charge in [-0.1, -0.05) is 31.4 Å². The molecule has 0 aliphatic heterocycles. The molecule has 1 aromatic carbocycles. The van der Waals surface area contributed by atoms with Crippen LogP contribution in [0, 0.1) is 5.41 Å². The number of hydrogen-bond donors (Lipinski definition) is 0. The maximum atomic E-state index is 12.0. The molecule has 0 N–H and O–H groups in total. The lowest BCUT2D eigenvalue weighted by Gasteiger charge is -2.49. The fourth-order valence-electron chi connectivity index (χ4n) is 3.58. The van der Waals surface area contributed by atoms with E-state index in [4.69, 9.17) is 9.47 Å². The number of carbonyl (C=O) groups is 1. The van der Waals surface area contributed by atoms with Crippen LogP contribution in [0.25, 0.3) is 0 Å². The molecular weight excluding hydrogens is 252 g/mol. The van der Waals surface area contributed by atoms with Crippen LogP contribution >= 0.6 is 0 Å². The number of Topliss-reactive ketones (excluding diaryl/α,β-unsaturated/α-hetero) is 1. The topological polar surface area (TPSA) is 35.5 Å². The monoisotopic (exact) mass is 274 g/mol. The second-order valence-corrected chi connectivity index (χ2v) is 6.00. The molecule has 108 valence electrons. The summed E-state index contributed by atoms with van der Waals surface area (Å²) >= 11 is 0. The van der Waals surface area contributed by atoms with Gasteiger partial charge in [0.05, 0.1) is 25.2 Å². The summed E-state index contributed by atoms with van der Waals surface area (Å²) in [6.45, 7) is 0.566. The highest BCUT2D eigenvalue weighted by atomic mass is 16.5. The van der Waals surface area contributed by atoms with E-state index in [9.17, 15) is 4.79 Å². The molecule has 2 aliphatic carbocycles. The van der Waals surface area contributed by atoms with Gasteiger partial charge in [-0.25, -0.2) is 0 Å². The molecule has 0 heterocycles. The highest BCUT2D eigenvalue weighted by Gasteiger charge is 2.55. The van der Waals surface area contributed by atoms with Crippen molar-refractivity contribution in [1.82, 2.24) is 0 Å². The molecule has 2 saturated carbocycles. The van der Waals surface area contributed by atoms with Crippen LogP contribution in [-0.4, -0.2) is 19.0 Å². The van der Waals surface area contributed by atoms with Crippen molar-refractivity contribution in [3.8, 4) is 5.75 Å². The highest BCUT2D eigenvalue weighted by molar-refractivity contribution is 5.92. The first-order valence-electron chi connectivity index (χ1n) is 7.52. The van der Waals surface area contributed by atoms with Crippen LogP contribution in [0.1, 0.15) is 44.1 Å². The van der Waals surface area contributed by atoms with Gasteiger partial charge < -0.3 is 9.47 Å². The smallest absolute Gasteiger partial charge is 0.144 e. The molecule has 2 aliphatic rings. The molecule has 1 spiro atoms. The fraction of sp³-hybridized carbons (Fsp3) is 0.588. The largest absolute Gasteiger partial charge is 0.497 e. The van der Waals surface area contributed by atoms with Gasteiger partial charge in [-0.05, 0) is 30.5 Å². The number of hydrogen-bond acceptors (Lipinski definition) is 3. The van der Waals surface area contributed by atoms with E-state index in [1.165, 1.54) is 19.3 Å². The molecule has 0 bridgehead atoms. The lowest BCUT2D eigenvalue weighted by Crippen LogP contribution is -2.56. The SMILES string of the molecule is COc1cccc(COC2CC(=O)C23CCCCC3)c1. The van der Waals surface area contributed by atoms with Crippen LogP contribution in [0.2, 0.25) is 0 Å². The third kappa shape index (κ3) is 2.35. The van der Waals surface area contributed by atoms with Crippen molar-refractivity contribution < 1.29 is 14.3 Å². The van der Waals surface area contributed by atoms with Crippen molar-refractivity contribution in [1.29, 1.82) is 0 Å². The number of ketones is 1. The Kier molecular flexibility index (Phi) is 3.79. The summed E-state index contributed by atoms with van der Waals surface area (Å²) in [4.78, 5) is 12.0. The predicted molar refractivity (Wildman–Crippen MR) is 76.7 cm³/mol. The highest BCUT2D eigenvalue weighted by Crippen LogP contribution is 2.50. The van der Waals surface area contributed by atoms with Crippen LogP contribution in [0.4, 0.5) is 0 Å². The van der Waals surface area contributed by atoms with Crippen LogP contribution in [0.5, 0.6) is 5.75 Å². The Bertz CT molecular complexity index is 489. The van der Waals surface area contributed by atoms with E-state index in [0.717, 1.165) is 24.2 Å². The van der Waals surface area contributed by atoms with Gasteiger partial charge in [0.2, 0.25) is 0 Å². The van der Waals surface area contributed by atoms with E-state index in [2.05, 4.69) is 0 Å². The lowest BCUT2D eigenvalue weighted by molar-refractivity contribution is -0.171. The summed E-state index contributed by atoms with van der Waals surface area (Å²) in [7, 11) is 1.67. The van der Waals surface area contributed by atoms with Gasteiger partial charge in [0, 0.05) is 6.42 Å². The molecule has 1 aromatic rings. The molecule has 0 saturated heterocycles. The molecule has 0 aromatic heterocycles. The summed E-state index contributed by atoms with van der Waals surface area (Å²) in [6, 6.07) is 7.93. The zero-order valence-electron chi connectivity index (χ0n) is 12.1. The number of rotatable bonds is 4. The molecule has 0 amide bonds. The van der Waals surface area contributed by atoms with Crippen LogP contribution in [0.15, 0.2) is 24.3 Å². The first-order chi connectivity index (χ1) is 9.74. The molecule has 20 heavy (non-hydrogen) atoms. The Morgan fingerprint density at radius 3 is 2.75 bits per heavy atom. The number of ether oxygens (including phenoxy) is 2. The maximum Gasteiger partial charge on any atom is 0.144 e. The third-order valence-corrected chi connectivity index (χ3v) is 4.87. The molecule has 3 nitrogen and oxygen atoms in total. The van der Waals surface area contributed by atoms with E-state index in [1.54, 1.807) is 7.11 Å². The standard InChI is InChI=1S/C17H22O3/c1-19-14-7-5-6-13(10-14)12-20-16-11-15(18)17(16)8-3-2-4-9-17/h5-7,10,16H,2-4,8-9,11-12H2,1H3. The van der Waals surface area contributed by atoms with Crippen LogP contribution in [-0.2, 0) is 16.1 Å². The number of benzene rings is 1. The van der Waals surface area contributed by atoms with Crippen LogP contribution in [0.3, 0.4) is 0 Å². The summed E-state index contributed by atoms with van der Waals surface area (Å²) in [6.07, 6.45) is 6.38. The van der Waals surface area contributed by atoms with E-state index in [-0.39, 0.29) is 11.5 Å². The zero-order valence-corrected chi connectivity index (χ0v) is 12.1. The Morgan fingerprint density at radius 1 is 1.25 bits per heavy atom. The molecule has 2 fully saturated rings. The summed E-state index contributed by atoms with van der Waals surface area (Å²) < 4.78 is 11.3. The van der Waals surface area contributed by atoms with Gasteiger partial charge in [0.15, 0.2) is 0 Å². The van der Waals surface area contributed by atoms with E-state index < -0.39 is 0 Å². The van der Waals surface area contributed by atoms with E-state index in [0.29, 0.717) is 18.8 Å². The van der Waals surface area contributed by atoms with Crippen molar-refractivity contribution in [2.45, 2.75) is 51.2 Å². The molecule has 3 heteroatoms. The summed E-state index contributed by atoms with van der Waals surface area (Å²) in [5.74, 6) is 1.27. The van der Waals surface area contributed by atoms with E-state index in [1.807, 2.05) is 24.3 Å². The molecule has 1 atom stereocenters. The number of carbonyl (C=O) groups excluding carboxylic acids is 1. The maximum absolute atomic E-state index is 12.0. The number of methoxy groups -OCH3 is 1. The van der Waals surface area contributed by atoms with Crippen molar-refractivity contribution in [2.75, 3.05) is 7.11 Å². The minimum absolute atomic E-state index is 0.126. The predicted octanol–water partition coefficient (Wildman–Crippen LogP) is 3.50. The fourth-order valence-corrected chi connectivity index (χ4v) is 3.58. The Labute approximate surface area is 120 Å². The molecule has 3 rings (SSSR count). The van der Waals surface area contributed by atoms with Gasteiger partial charge in [-0.3, -0.25) is 4.79 Å². The Hall–Kier alpha value is -1.35. The summed E-state index contributed by atoms with van der Waals surface area (Å²) in [5.41, 5.74) is 0.964.